The summed E-state index contributed by atoms with van der Waals surface area (Å²) in [5.74, 6) is 1.54. The third kappa shape index (κ3) is 2.71. The SMILES string of the molecule is COc1ccc(N2C(N)=NCC23CCCCCCC3)cc1. The molecule has 4 nitrogen and oxygen atoms in total. The highest BCUT2D eigenvalue weighted by Gasteiger charge is 2.42. The largest absolute Gasteiger partial charge is 0.497 e. The molecular formula is C17H25N3O. The first kappa shape index (κ1) is 14.2. The van der Waals surface area contributed by atoms with Crippen molar-refractivity contribution in [1.82, 2.24) is 0 Å². The van der Waals surface area contributed by atoms with Crippen molar-refractivity contribution in [2.45, 2.75) is 50.5 Å². The number of methoxy groups -OCH3 is 1. The van der Waals surface area contributed by atoms with Gasteiger partial charge in [0.05, 0.1) is 19.2 Å². The highest BCUT2D eigenvalue weighted by atomic mass is 16.5. The summed E-state index contributed by atoms with van der Waals surface area (Å²) in [6, 6.07) is 8.18. The number of nitrogens with zero attached hydrogens (tertiary/aromatic N) is 2. The first-order chi connectivity index (χ1) is 10.2. The van der Waals surface area contributed by atoms with E-state index < -0.39 is 0 Å². The molecule has 0 aromatic heterocycles. The van der Waals surface area contributed by atoms with Crippen LogP contribution < -0.4 is 15.4 Å². The van der Waals surface area contributed by atoms with E-state index in [4.69, 9.17) is 10.5 Å². The van der Waals surface area contributed by atoms with Crippen molar-refractivity contribution in [2.24, 2.45) is 10.7 Å². The van der Waals surface area contributed by atoms with Crippen molar-refractivity contribution in [3.63, 3.8) is 0 Å². The molecule has 1 saturated carbocycles. The molecule has 0 amide bonds. The van der Waals surface area contributed by atoms with E-state index in [1.165, 1.54) is 44.9 Å². The second-order valence-corrected chi connectivity index (χ2v) is 6.20. The van der Waals surface area contributed by atoms with Gasteiger partial charge in [0.15, 0.2) is 5.96 Å². The van der Waals surface area contributed by atoms with Crippen LogP contribution in [0.4, 0.5) is 5.69 Å². The van der Waals surface area contributed by atoms with Crippen LogP contribution in [0, 0.1) is 0 Å². The monoisotopic (exact) mass is 287 g/mol. The van der Waals surface area contributed by atoms with Crippen LogP contribution in [0.3, 0.4) is 0 Å². The Morgan fingerprint density at radius 2 is 1.67 bits per heavy atom. The molecule has 0 saturated heterocycles. The molecule has 0 radical (unpaired) electrons. The minimum atomic E-state index is 0.0963. The zero-order valence-electron chi connectivity index (χ0n) is 12.8. The second kappa shape index (κ2) is 5.96. The summed E-state index contributed by atoms with van der Waals surface area (Å²) in [7, 11) is 1.69. The van der Waals surface area contributed by atoms with Gasteiger partial charge in [-0.3, -0.25) is 4.99 Å². The summed E-state index contributed by atoms with van der Waals surface area (Å²) >= 11 is 0. The number of rotatable bonds is 2. The number of anilines is 1. The van der Waals surface area contributed by atoms with E-state index in [-0.39, 0.29) is 5.54 Å². The first-order valence-corrected chi connectivity index (χ1v) is 7.99. The molecule has 0 unspecified atom stereocenters. The van der Waals surface area contributed by atoms with E-state index in [0.29, 0.717) is 5.96 Å². The standard InChI is InChI=1S/C17H25N3O/c1-21-15-9-7-14(8-10-15)20-16(18)19-13-17(20)11-5-3-2-4-6-12-17/h7-10H,2-6,11-13H2,1H3,(H2,18,19). The maximum atomic E-state index is 6.22. The smallest absolute Gasteiger partial charge is 0.196 e. The molecule has 2 N–H and O–H groups in total. The molecule has 3 rings (SSSR count). The summed E-state index contributed by atoms with van der Waals surface area (Å²) in [5, 5.41) is 0. The fourth-order valence-electron chi connectivity index (χ4n) is 3.70. The topological polar surface area (TPSA) is 50.9 Å². The molecule has 0 bridgehead atoms. The van der Waals surface area contributed by atoms with Gasteiger partial charge in [-0.1, -0.05) is 32.1 Å². The first-order valence-electron chi connectivity index (χ1n) is 7.99. The highest BCUT2D eigenvalue weighted by Crippen LogP contribution is 2.38. The van der Waals surface area contributed by atoms with E-state index in [9.17, 15) is 0 Å². The van der Waals surface area contributed by atoms with Gasteiger partial charge in [-0.25, -0.2) is 0 Å². The molecule has 1 spiro atoms. The highest BCUT2D eigenvalue weighted by molar-refractivity contribution is 5.98. The van der Waals surface area contributed by atoms with Crippen molar-refractivity contribution < 1.29 is 4.74 Å². The fraction of sp³-hybridized carbons (Fsp3) is 0.588. The number of hydrogen-bond donors (Lipinski definition) is 1. The van der Waals surface area contributed by atoms with Crippen LogP contribution in [0.5, 0.6) is 5.75 Å². The predicted molar refractivity (Wildman–Crippen MR) is 87.0 cm³/mol. The van der Waals surface area contributed by atoms with Gasteiger partial charge in [-0.05, 0) is 37.1 Å². The molecule has 1 heterocycles. The van der Waals surface area contributed by atoms with Crippen LogP contribution in [0.25, 0.3) is 0 Å². The molecular weight excluding hydrogens is 262 g/mol. The molecule has 21 heavy (non-hydrogen) atoms. The molecule has 114 valence electrons. The van der Waals surface area contributed by atoms with Crippen LogP contribution >= 0.6 is 0 Å². The number of aliphatic imine (C=N–C) groups is 1. The van der Waals surface area contributed by atoms with Gasteiger partial charge in [0.1, 0.15) is 5.75 Å². The summed E-state index contributed by atoms with van der Waals surface area (Å²) in [6.07, 6.45) is 8.95. The lowest BCUT2D eigenvalue weighted by Gasteiger charge is -2.40. The molecule has 1 aromatic carbocycles. The summed E-state index contributed by atoms with van der Waals surface area (Å²) < 4.78 is 5.25. The number of benzene rings is 1. The number of ether oxygens (including phenoxy) is 1. The van der Waals surface area contributed by atoms with E-state index in [1.807, 2.05) is 12.1 Å². The predicted octanol–water partition coefficient (Wildman–Crippen LogP) is 3.31. The quantitative estimate of drug-likeness (QED) is 0.908. The van der Waals surface area contributed by atoms with Crippen LogP contribution in [0.15, 0.2) is 29.3 Å². The van der Waals surface area contributed by atoms with Crippen LogP contribution in [-0.4, -0.2) is 25.2 Å². The maximum Gasteiger partial charge on any atom is 0.196 e. The molecule has 1 fully saturated rings. The average Bonchev–Trinajstić information content (AvgIpc) is 2.81. The Hall–Kier alpha value is -1.71. The van der Waals surface area contributed by atoms with Gasteiger partial charge in [0.25, 0.3) is 0 Å². The Kier molecular flexibility index (Phi) is 4.04. The maximum absolute atomic E-state index is 6.22. The van der Waals surface area contributed by atoms with E-state index in [1.54, 1.807) is 7.11 Å². The molecule has 0 atom stereocenters. The minimum absolute atomic E-state index is 0.0963. The molecule has 1 aromatic rings. The number of nitrogens with two attached hydrogens (primary N) is 1. The third-order valence-corrected chi connectivity index (χ3v) is 4.85. The van der Waals surface area contributed by atoms with Gasteiger partial charge < -0.3 is 15.4 Å². The summed E-state index contributed by atoms with van der Waals surface area (Å²) in [5.41, 5.74) is 7.45. The van der Waals surface area contributed by atoms with Gasteiger partial charge >= 0.3 is 0 Å². The summed E-state index contributed by atoms with van der Waals surface area (Å²) in [6.45, 7) is 0.838. The lowest BCUT2D eigenvalue weighted by molar-refractivity contribution is 0.337. The zero-order chi connectivity index (χ0) is 14.7. The van der Waals surface area contributed by atoms with Gasteiger partial charge in [0, 0.05) is 5.69 Å². The molecule has 2 aliphatic rings. The lowest BCUT2D eigenvalue weighted by atomic mass is 9.83. The zero-order valence-corrected chi connectivity index (χ0v) is 12.8. The van der Waals surface area contributed by atoms with Crippen molar-refractivity contribution in [2.75, 3.05) is 18.6 Å². The van der Waals surface area contributed by atoms with E-state index in [0.717, 1.165) is 18.0 Å². The Bertz CT molecular complexity index is 501. The number of guanidine groups is 1. The number of hydrogen-bond acceptors (Lipinski definition) is 4. The van der Waals surface area contributed by atoms with Crippen LogP contribution in [-0.2, 0) is 0 Å². The normalized spacial score (nSPS) is 21.8. The average molecular weight is 287 g/mol. The Morgan fingerprint density at radius 1 is 1.05 bits per heavy atom. The molecule has 4 heteroatoms. The van der Waals surface area contributed by atoms with Crippen LogP contribution in [0.2, 0.25) is 0 Å². The Balaban J connectivity index is 1.89. The van der Waals surface area contributed by atoms with Gasteiger partial charge in [-0.15, -0.1) is 0 Å². The Labute approximate surface area is 127 Å². The second-order valence-electron chi connectivity index (χ2n) is 6.20. The third-order valence-electron chi connectivity index (χ3n) is 4.85. The van der Waals surface area contributed by atoms with Crippen molar-refractivity contribution in [3.05, 3.63) is 24.3 Å². The van der Waals surface area contributed by atoms with Crippen LogP contribution in [0.1, 0.15) is 44.9 Å². The van der Waals surface area contributed by atoms with Gasteiger partial charge in [-0.2, -0.15) is 0 Å². The molecule has 1 aliphatic heterocycles. The minimum Gasteiger partial charge on any atom is -0.497 e. The van der Waals surface area contributed by atoms with Crippen molar-refractivity contribution in [1.29, 1.82) is 0 Å². The summed E-state index contributed by atoms with van der Waals surface area (Å²) in [4.78, 5) is 6.85. The fourth-order valence-corrected chi connectivity index (χ4v) is 3.70. The van der Waals surface area contributed by atoms with E-state index >= 15 is 0 Å². The van der Waals surface area contributed by atoms with Crippen molar-refractivity contribution in [3.8, 4) is 5.75 Å². The van der Waals surface area contributed by atoms with Gasteiger partial charge in [0.2, 0.25) is 0 Å². The Morgan fingerprint density at radius 3 is 2.29 bits per heavy atom. The molecule has 1 aliphatic carbocycles. The van der Waals surface area contributed by atoms with Crippen molar-refractivity contribution >= 4 is 11.6 Å². The van der Waals surface area contributed by atoms with E-state index in [2.05, 4.69) is 22.0 Å². The lowest BCUT2D eigenvalue weighted by Crippen LogP contribution is -2.52.